The molecular formula is C19H21FN2O5. The van der Waals surface area contributed by atoms with E-state index in [2.05, 4.69) is 22.3 Å². The van der Waals surface area contributed by atoms with Crippen molar-refractivity contribution in [2.45, 2.75) is 13.0 Å². The van der Waals surface area contributed by atoms with Crippen molar-refractivity contribution in [1.82, 2.24) is 4.90 Å². The average molecular weight is 376 g/mol. The number of hydrogen-bond donors (Lipinski definition) is 3. The van der Waals surface area contributed by atoms with Crippen molar-refractivity contribution in [1.29, 1.82) is 0 Å². The first-order chi connectivity index (χ1) is 12.8. The summed E-state index contributed by atoms with van der Waals surface area (Å²) in [6.07, 6.45) is 0.375. The van der Waals surface area contributed by atoms with Crippen LogP contribution in [0.5, 0.6) is 0 Å². The maximum absolute atomic E-state index is 13.0. The van der Waals surface area contributed by atoms with Gasteiger partial charge in [0, 0.05) is 25.2 Å². The summed E-state index contributed by atoms with van der Waals surface area (Å²) in [6.45, 7) is 1.45. The number of nitrogens with one attached hydrogen (secondary N) is 1. The standard InChI is InChI=1S/C17H19FN2O.C2H2O4/c1-20(13-14-6-3-2-4-7-14)11-10-17(21)19-16-9-5-8-15(18)12-16;3-1(4)2(5)6/h2-9,12H,10-11,13H2,1H3,(H,19,21);(H,3,4)(H,5,6). The Morgan fingerprint density at radius 1 is 1.00 bits per heavy atom. The molecule has 7 nitrogen and oxygen atoms in total. The minimum absolute atomic E-state index is 0.111. The van der Waals surface area contributed by atoms with Crippen molar-refractivity contribution in [2.24, 2.45) is 0 Å². The number of amides is 1. The number of carbonyl (C=O) groups excluding carboxylic acids is 1. The Morgan fingerprint density at radius 3 is 2.19 bits per heavy atom. The zero-order valence-corrected chi connectivity index (χ0v) is 14.8. The van der Waals surface area contributed by atoms with Crippen LogP contribution < -0.4 is 5.32 Å². The van der Waals surface area contributed by atoms with E-state index in [0.717, 1.165) is 6.54 Å². The molecule has 0 saturated carbocycles. The molecule has 2 aromatic carbocycles. The summed E-state index contributed by atoms with van der Waals surface area (Å²) in [5.41, 5.74) is 1.70. The molecule has 2 aromatic rings. The van der Waals surface area contributed by atoms with Gasteiger partial charge in [-0.3, -0.25) is 4.79 Å². The van der Waals surface area contributed by atoms with E-state index < -0.39 is 11.9 Å². The van der Waals surface area contributed by atoms with Crippen LogP contribution in [0, 0.1) is 5.82 Å². The van der Waals surface area contributed by atoms with Crippen LogP contribution >= 0.6 is 0 Å². The summed E-state index contributed by atoms with van der Waals surface area (Å²) in [5, 5.41) is 17.5. The highest BCUT2D eigenvalue weighted by molar-refractivity contribution is 6.27. The minimum Gasteiger partial charge on any atom is -0.473 e. The van der Waals surface area contributed by atoms with E-state index in [-0.39, 0.29) is 11.7 Å². The molecule has 0 aliphatic carbocycles. The molecule has 0 aliphatic rings. The molecule has 0 radical (unpaired) electrons. The van der Waals surface area contributed by atoms with Crippen LogP contribution in [0.1, 0.15) is 12.0 Å². The van der Waals surface area contributed by atoms with E-state index in [1.54, 1.807) is 12.1 Å². The van der Waals surface area contributed by atoms with Crippen molar-refractivity contribution in [3.8, 4) is 0 Å². The van der Waals surface area contributed by atoms with Gasteiger partial charge in [-0.05, 0) is 30.8 Å². The largest absolute Gasteiger partial charge is 0.473 e. The second kappa shape index (κ2) is 11.4. The topological polar surface area (TPSA) is 107 Å². The lowest BCUT2D eigenvalue weighted by atomic mass is 10.2. The number of carbonyl (C=O) groups is 3. The van der Waals surface area contributed by atoms with Gasteiger partial charge in [-0.25, -0.2) is 14.0 Å². The van der Waals surface area contributed by atoms with Crippen molar-refractivity contribution in [3.63, 3.8) is 0 Å². The Bertz CT molecular complexity index is 756. The summed E-state index contributed by atoms with van der Waals surface area (Å²) >= 11 is 0. The first-order valence-electron chi connectivity index (χ1n) is 8.02. The van der Waals surface area contributed by atoms with Gasteiger partial charge >= 0.3 is 11.9 Å². The SMILES string of the molecule is CN(CCC(=O)Nc1cccc(F)c1)Cc1ccccc1.O=C(O)C(=O)O. The minimum atomic E-state index is -1.82. The van der Waals surface area contributed by atoms with Crippen LogP contribution in [-0.2, 0) is 20.9 Å². The lowest BCUT2D eigenvalue weighted by molar-refractivity contribution is -0.159. The second-order valence-electron chi connectivity index (χ2n) is 5.64. The number of halogens is 1. The van der Waals surface area contributed by atoms with Crippen LogP contribution in [0.15, 0.2) is 54.6 Å². The van der Waals surface area contributed by atoms with Crippen LogP contribution in [0.2, 0.25) is 0 Å². The molecule has 144 valence electrons. The van der Waals surface area contributed by atoms with Gasteiger partial charge in [-0.15, -0.1) is 0 Å². The Kier molecular flexibility index (Phi) is 9.18. The number of carboxylic acid groups (broad SMARTS) is 2. The molecule has 0 unspecified atom stereocenters. The molecular weight excluding hydrogens is 355 g/mol. The number of aliphatic carboxylic acids is 2. The molecule has 0 aliphatic heterocycles. The van der Waals surface area contributed by atoms with Crippen molar-refractivity contribution in [2.75, 3.05) is 18.9 Å². The van der Waals surface area contributed by atoms with Crippen molar-refractivity contribution < 1.29 is 29.0 Å². The first-order valence-corrected chi connectivity index (χ1v) is 8.02. The summed E-state index contributed by atoms with van der Waals surface area (Å²) in [7, 11) is 1.97. The molecule has 2 rings (SSSR count). The quantitative estimate of drug-likeness (QED) is 0.669. The van der Waals surface area contributed by atoms with Gasteiger partial charge in [0.15, 0.2) is 0 Å². The summed E-state index contributed by atoms with van der Waals surface area (Å²) in [5.74, 6) is -4.11. The zero-order chi connectivity index (χ0) is 20.2. The average Bonchev–Trinajstić information content (AvgIpc) is 2.61. The van der Waals surface area contributed by atoms with E-state index in [0.29, 0.717) is 18.7 Å². The molecule has 0 bridgehead atoms. The summed E-state index contributed by atoms with van der Waals surface area (Å²) < 4.78 is 13.0. The molecule has 0 spiro atoms. The molecule has 8 heteroatoms. The van der Waals surface area contributed by atoms with Gasteiger partial charge in [0.05, 0.1) is 0 Å². The van der Waals surface area contributed by atoms with Gasteiger partial charge in [0.1, 0.15) is 5.82 Å². The molecule has 0 fully saturated rings. The number of benzene rings is 2. The van der Waals surface area contributed by atoms with Crippen LogP contribution in [0.4, 0.5) is 10.1 Å². The molecule has 3 N–H and O–H groups in total. The van der Waals surface area contributed by atoms with Gasteiger partial charge in [0.2, 0.25) is 5.91 Å². The molecule has 0 atom stereocenters. The second-order valence-corrected chi connectivity index (χ2v) is 5.64. The number of hydrogen-bond acceptors (Lipinski definition) is 4. The highest BCUT2D eigenvalue weighted by Crippen LogP contribution is 2.09. The van der Waals surface area contributed by atoms with Crippen LogP contribution in [0.25, 0.3) is 0 Å². The predicted molar refractivity (Wildman–Crippen MR) is 97.7 cm³/mol. The molecule has 0 heterocycles. The fraction of sp³-hybridized carbons (Fsp3) is 0.211. The zero-order valence-electron chi connectivity index (χ0n) is 14.8. The van der Waals surface area contributed by atoms with Crippen LogP contribution in [-0.4, -0.2) is 46.6 Å². The Morgan fingerprint density at radius 2 is 1.63 bits per heavy atom. The normalized spacial score (nSPS) is 9.89. The highest BCUT2D eigenvalue weighted by atomic mass is 19.1. The molecule has 27 heavy (non-hydrogen) atoms. The molecule has 0 aromatic heterocycles. The van der Waals surface area contributed by atoms with E-state index in [4.69, 9.17) is 19.8 Å². The maximum atomic E-state index is 13.0. The Labute approximate surface area is 156 Å². The predicted octanol–water partition coefficient (Wildman–Crippen LogP) is 2.44. The first kappa shape index (κ1) is 21.8. The smallest absolute Gasteiger partial charge is 0.414 e. The van der Waals surface area contributed by atoms with Crippen molar-refractivity contribution >= 4 is 23.5 Å². The van der Waals surface area contributed by atoms with Gasteiger partial charge in [-0.1, -0.05) is 36.4 Å². The molecule has 1 amide bonds. The van der Waals surface area contributed by atoms with E-state index >= 15 is 0 Å². The summed E-state index contributed by atoms with van der Waals surface area (Å²) in [4.78, 5) is 32.1. The van der Waals surface area contributed by atoms with Gasteiger partial charge < -0.3 is 20.4 Å². The summed E-state index contributed by atoms with van der Waals surface area (Å²) in [6, 6.07) is 16.0. The third-order valence-electron chi connectivity index (χ3n) is 3.31. The van der Waals surface area contributed by atoms with E-state index in [1.165, 1.54) is 17.7 Å². The van der Waals surface area contributed by atoms with Gasteiger partial charge in [0.25, 0.3) is 0 Å². The third kappa shape index (κ3) is 9.71. The number of rotatable bonds is 6. The number of nitrogens with zero attached hydrogens (tertiary/aromatic N) is 1. The van der Waals surface area contributed by atoms with E-state index in [1.807, 2.05) is 25.2 Å². The van der Waals surface area contributed by atoms with Crippen LogP contribution in [0.3, 0.4) is 0 Å². The maximum Gasteiger partial charge on any atom is 0.414 e. The Balaban J connectivity index is 0.000000527. The molecule has 0 saturated heterocycles. The third-order valence-corrected chi connectivity index (χ3v) is 3.31. The number of carboxylic acids is 2. The van der Waals surface area contributed by atoms with E-state index in [9.17, 15) is 9.18 Å². The lowest BCUT2D eigenvalue weighted by Gasteiger charge is -2.16. The lowest BCUT2D eigenvalue weighted by Crippen LogP contribution is -2.24. The fourth-order valence-electron chi connectivity index (χ4n) is 2.06. The number of anilines is 1. The van der Waals surface area contributed by atoms with Crippen molar-refractivity contribution in [3.05, 3.63) is 66.0 Å². The van der Waals surface area contributed by atoms with Gasteiger partial charge in [-0.2, -0.15) is 0 Å². The fourth-order valence-corrected chi connectivity index (χ4v) is 2.06. The Hall–Kier alpha value is -3.26. The monoisotopic (exact) mass is 376 g/mol. The highest BCUT2D eigenvalue weighted by Gasteiger charge is 2.06.